The van der Waals surface area contributed by atoms with Crippen molar-refractivity contribution in [1.29, 1.82) is 0 Å². The first kappa shape index (κ1) is 19.7. The number of hydrogen-bond acceptors (Lipinski definition) is 6. The molecule has 1 aliphatic heterocycles. The van der Waals surface area contributed by atoms with Crippen LogP contribution in [0.15, 0.2) is 23.6 Å². The number of aryl methyl sites for hydroxylation is 1. The molecule has 154 valence electrons. The molecule has 1 unspecified atom stereocenters. The third-order valence-corrected chi connectivity index (χ3v) is 6.12. The lowest BCUT2D eigenvalue weighted by molar-refractivity contribution is -0.131. The molecule has 1 saturated heterocycles. The molecular weight excluding hydrogens is 390 g/mol. The second kappa shape index (κ2) is 8.41. The number of nitrogens with zero attached hydrogens (tertiary/aromatic N) is 2. The predicted molar refractivity (Wildman–Crippen MR) is 111 cm³/mol. The highest BCUT2D eigenvalue weighted by Gasteiger charge is 2.32. The molecule has 1 atom stereocenters. The van der Waals surface area contributed by atoms with Crippen molar-refractivity contribution < 1.29 is 19.1 Å². The highest BCUT2D eigenvalue weighted by atomic mass is 32.1. The molecule has 0 radical (unpaired) electrons. The van der Waals surface area contributed by atoms with Crippen LogP contribution in [0.5, 0.6) is 11.5 Å². The summed E-state index contributed by atoms with van der Waals surface area (Å²) in [6.45, 7) is 3.12. The van der Waals surface area contributed by atoms with Gasteiger partial charge in [-0.25, -0.2) is 4.98 Å². The van der Waals surface area contributed by atoms with Gasteiger partial charge in [-0.1, -0.05) is 6.07 Å². The molecule has 8 heteroatoms. The first-order valence-corrected chi connectivity index (χ1v) is 10.7. The fraction of sp³-hybridized carbons (Fsp3) is 0.476. The van der Waals surface area contributed by atoms with E-state index in [1.807, 2.05) is 30.5 Å². The Bertz CT molecular complexity index is 909. The number of benzene rings is 1. The maximum atomic E-state index is 12.5. The van der Waals surface area contributed by atoms with Crippen LogP contribution in [0.2, 0.25) is 0 Å². The molecule has 2 amide bonds. The Morgan fingerprint density at radius 3 is 2.86 bits per heavy atom. The quantitative estimate of drug-likeness (QED) is 0.716. The van der Waals surface area contributed by atoms with Crippen LogP contribution in [0.4, 0.5) is 5.13 Å². The van der Waals surface area contributed by atoms with Gasteiger partial charge in [0.1, 0.15) is 0 Å². The molecule has 2 aromatic rings. The molecule has 29 heavy (non-hydrogen) atoms. The Balaban J connectivity index is 1.38. The number of carbonyl (C=O) groups is 2. The number of rotatable bonds is 8. The molecule has 0 bridgehead atoms. The summed E-state index contributed by atoms with van der Waals surface area (Å²) in [5.41, 5.74) is 1.89. The normalized spacial score (nSPS) is 18.8. The van der Waals surface area contributed by atoms with Crippen molar-refractivity contribution in [2.45, 2.75) is 32.1 Å². The number of anilines is 1. The number of thiazole rings is 1. The first-order valence-electron chi connectivity index (χ1n) is 9.82. The molecule has 4 rings (SSSR count). The van der Waals surface area contributed by atoms with E-state index < -0.39 is 0 Å². The molecule has 1 aromatic heterocycles. The number of amides is 2. The number of aromatic nitrogens is 1. The smallest absolute Gasteiger partial charge is 0.245 e. The lowest BCUT2D eigenvalue weighted by Gasteiger charge is -2.17. The standard InChI is InChI=1S/C21H25N3O4S/c1-13-12-29-21(22-13)23-19(25)10-24-9-16(8-20(24)26)15-5-6-17(27-2)18(7-15)28-11-14-3-4-14/h5-7,12,14,16H,3-4,8-11H2,1-2H3,(H,22,23,25). The molecular formula is C21H25N3O4S. The fourth-order valence-electron chi connectivity index (χ4n) is 3.44. The zero-order valence-electron chi connectivity index (χ0n) is 16.6. The van der Waals surface area contributed by atoms with Crippen molar-refractivity contribution >= 4 is 28.3 Å². The second-order valence-corrected chi connectivity index (χ2v) is 8.54. The van der Waals surface area contributed by atoms with Crippen molar-refractivity contribution in [3.05, 3.63) is 34.8 Å². The maximum Gasteiger partial charge on any atom is 0.245 e. The van der Waals surface area contributed by atoms with Gasteiger partial charge in [0.15, 0.2) is 16.6 Å². The minimum absolute atomic E-state index is 0.0169. The van der Waals surface area contributed by atoms with Crippen LogP contribution in [0.25, 0.3) is 0 Å². The monoisotopic (exact) mass is 415 g/mol. The van der Waals surface area contributed by atoms with Gasteiger partial charge in [-0.3, -0.25) is 9.59 Å². The predicted octanol–water partition coefficient (Wildman–Crippen LogP) is 3.20. The van der Waals surface area contributed by atoms with Gasteiger partial charge in [0.25, 0.3) is 0 Å². The Labute approximate surface area is 174 Å². The zero-order chi connectivity index (χ0) is 20.4. The van der Waals surface area contributed by atoms with Gasteiger partial charge < -0.3 is 19.7 Å². The maximum absolute atomic E-state index is 12.5. The van der Waals surface area contributed by atoms with Gasteiger partial charge in [0, 0.05) is 24.3 Å². The number of ether oxygens (including phenoxy) is 2. The van der Waals surface area contributed by atoms with Gasteiger partial charge in [-0.2, -0.15) is 0 Å². The van der Waals surface area contributed by atoms with Gasteiger partial charge in [0.05, 0.1) is 26.0 Å². The van der Waals surface area contributed by atoms with E-state index in [1.54, 1.807) is 12.0 Å². The van der Waals surface area contributed by atoms with Crippen LogP contribution >= 0.6 is 11.3 Å². The van der Waals surface area contributed by atoms with Crippen LogP contribution in [0.1, 0.15) is 36.4 Å². The van der Waals surface area contributed by atoms with Crippen LogP contribution in [0.3, 0.4) is 0 Å². The summed E-state index contributed by atoms with van der Waals surface area (Å²) >= 11 is 1.38. The van der Waals surface area contributed by atoms with Gasteiger partial charge in [-0.15, -0.1) is 11.3 Å². The first-order chi connectivity index (χ1) is 14.0. The Hall–Kier alpha value is -2.61. The van der Waals surface area contributed by atoms with E-state index >= 15 is 0 Å². The van der Waals surface area contributed by atoms with Crippen LogP contribution in [0, 0.1) is 12.8 Å². The molecule has 0 spiro atoms. The van der Waals surface area contributed by atoms with E-state index in [0.717, 1.165) is 17.0 Å². The minimum Gasteiger partial charge on any atom is -0.493 e. The Morgan fingerprint density at radius 2 is 2.17 bits per heavy atom. The number of carbonyl (C=O) groups excluding carboxylic acids is 2. The average Bonchev–Trinajstić information content (AvgIpc) is 3.35. The molecule has 1 saturated carbocycles. The third kappa shape index (κ3) is 4.87. The average molecular weight is 416 g/mol. The number of likely N-dealkylation sites (tertiary alicyclic amines) is 1. The summed E-state index contributed by atoms with van der Waals surface area (Å²) in [7, 11) is 1.63. The van der Waals surface area contributed by atoms with Gasteiger partial charge >= 0.3 is 0 Å². The SMILES string of the molecule is COc1ccc(C2CC(=O)N(CC(=O)Nc3nc(C)cs3)C2)cc1OCC1CC1. The van der Waals surface area contributed by atoms with Crippen molar-refractivity contribution in [2.75, 3.05) is 32.1 Å². The number of methoxy groups -OCH3 is 1. The summed E-state index contributed by atoms with van der Waals surface area (Å²) in [6.07, 6.45) is 2.82. The van der Waals surface area contributed by atoms with E-state index in [-0.39, 0.29) is 24.3 Å². The largest absolute Gasteiger partial charge is 0.493 e. The summed E-state index contributed by atoms with van der Waals surface area (Å²) in [5, 5.41) is 5.19. The number of hydrogen-bond donors (Lipinski definition) is 1. The van der Waals surface area contributed by atoms with Crippen LogP contribution in [-0.2, 0) is 9.59 Å². The molecule has 1 aliphatic carbocycles. The van der Waals surface area contributed by atoms with Crippen molar-refractivity contribution in [1.82, 2.24) is 9.88 Å². The third-order valence-electron chi connectivity index (χ3n) is 5.24. The van der Waals surface area contributed by atoms with E-state index in [9.17, 15) is 9.59 Å². The van der Waals surface area contributed by atoms with E-state index in [4.69, 9.17) is 9.47 Å². The molecule has 7 nitrogen and oxygen atoms in total. The Kier molecular flexibility index (Phi) is 5.71. The van der Waals surface area contributed by atoms with Crippen molar-refractivity contribution in [2.24, 2.45) is 5.92 Å². The topological polar surface area (TPSA) is 80.8 Å². The number of nitrogens with one attached hydrogen (secondary N) is 1. The van der Waals surface area contributed by atoms with Gasteiger partial charge in [0.2, 0.25) is 11.8 Å². The van der Waals surface area contributed by atoms with Crippen LogP contribution in [-0.4, -0.2) is 48.5 Å². The van der Waals surface area contributed by atoms with Gasteiger partial charge in [-0.05, 0) is 43.4 Å². The lowest BCUT2D eigenvalue weighted by atomic mass is 9.98. The van der Waals surface area contributed by atoms with E-state index in [0.29, 0.717) is 36.4 Å². The van der Waals surface area contributed by atoms with Crippen molar-refractivity contribution in [3.63, 3.8) is 0 Å². The van der Waals surface area contributed by atoms with E-state index in [1.165, 1.54) is 24.2 Å². The zero-order valence-corrected chi connectivity index (χ0v) is 17.5. The van der Waals surface area contributed by atoms with Crippen LogP contribution < -0.4 is 14.8 Å². The molecule has 2 fully saturated rings. The van der Waals surface area contributed by atoms with E-state index in [2.05, 4.69) is 10.3 Å². The highest BCUT2D eigenvalue weighted by molar-refractivity contribution is 7.13. The fourth-order valence-corrected chi connectivity index (χ4v) is 4.15. The molecule has 1 aromatic carbocycles. The summed E-state index contributed by atoms with van der Waals surface area (Å²) in [6, 6.07) is 5.84. The molecule has 1 N–H and O–H groups in total. The second-order valence-electron chi connectivity index (χ2n) is 7.68. The summed E-state index contributed by atoms with van der Waals surface area (Å²) in [5.74, 6) is 1.86. The lowest BCUT2D eigenvalue weighted by Crippen LogP contribution is -2.34. The summed E-state index contributed by atoms with van der Waals surface area (Å²) in [4.78, 5) is 30.6. The van der Waals surface area contributed by atoms with Crippen molar-refractivity contribution in [3.8, 4) is 11.5 Å². The molecule has 2 aliphatic rings. The Morgan fingerprint density at radius 1 is 1.34 bits per heavy atom. The summed E-state index contributed by atoms with van der Waals surface area (Å²) < 4.78 is 11.4. The highest BCUT2D eigenvalue weighted by Crippen LogP contribution is 2.37. The minimum atomic E-state index is -0.225. The molecule has 2 heterocycles.